The molecule has 1 aliphatic heterocycles. The van der Waals surface area contributed by atoms with E-state index in [9.17, 15) is 0 Å². The molecule has 1 atom stereocenters. The van der Waals surface area contributed by atoms with Gasteiger partial charge in [-0.2, -0.15) is 0 Å². The lowest BCUT2D eigenvalue weighted by atomic mass is 9.98. The number of hydrogen-bond acceptors (Lipinski definition) is 1. The molecule has 1 nitrogen and oxygen atoms in total. The normalized spacial score (nSPS) is 15.2. The molecule has 0 saturated carbocycles. The summed E-state index contributed by atoms with van der Waals surface area (Å²) in [4.78, 5) is 0.357. The van der Waals surface area contributed by atoms with Crippen LogP contribution in [-0.2, 0) is 24.4 Å². The van der Waals surface area contributed by atoms with Crippen molar-refractivity contribution in [1.29, 1.82) is 0 Å². The molecule has 0 radical (unpaired) electrons. The van der Waals surface area contributed by atoms with Gasteiger partial charge in [-0.3, -0.25) is 0 Å². The quantitative estimate of drug-likeness (QED) is 0.718. The van der Waals surface area contributed by atoms with E-state index in [0.717, 1.165) is 19.6 Å². The Morgan fingerprint density at radius 3 is 2.60 bits per heavy atom. The van der Waals surface area contributed by atoms with Crippen LogP contribution in [0.2, 0.25) is 0 Å². The first-order valence-corrected chi connectivity index (χ1v) is 7.94. The number of benzene rings is 2. The molecule has 20 heavy (non-hydrogen) atoms. The highest BCUT2D eigenvalue weighted by atomic mass is 79.9. The number of ether oxygens (including phenoxy) is 1. The number of aryl methyl sites for hydroxylation is 2. The molecule has 1 heterocycles. The molecule has 2 heteroatoms. The molecular formula is C18H19BrO. The Morgan fingerprint density at radius 1 is 1.00 bits per heavy atom. The molecule has 0 fully saturated rings. The van der Waals surface area contributed by atoms with Crippen molar-refractivity contribution in [2.24, 2.45) is 0 Å². The molecule has 0 bridgehead atoms. The van der Waals surface area contributed by atoms with Crippen LogP contribution in [0.4, 0.5) is 0 Å². The number of halogens is 1. The van der Waals surface area contributed by atoms with Crippen molar-refractivity contribution in [2.45, 2.75) is 38.3 Å². The Kier molecular flexibility index (Phi) is 3.95. The Hall–Kier alpha value is -1.12. The van der Waals surface area contributed by atoms with Crippen molar-refractivity contribution < 1.29 is 4.74 Å². The smallest absolute Gasteiger partial charge is 0.0725 e. The fourth-order valence-electron chi connectivity index (χ4n) is 2.64. The first kappa shape index (κ1) is 13.8. The molecule has 3 rings (SSSR count). The van der Waals surface area contributed by atoms with Crippen molar-refractivity contribution in [1.82, 2.24) is 0 Å². The molecule has 0 saturated heterocycles. The summed E-state index contributed by atoms with van der Waals surface area (Å²) in [5, 5.41) is 0. The van der Waals surface area contributed by atoms with Crippen LogP contribution in [0.1, 0.15) is 38.2 Å². The Labute approximate surface area is 129 Å². The molecule has 104 valence electrons. The van der Waals surface area contributed by atoms with Crippen LogP contribution >= 0.6 is 15.9 Å². The Bertz CT molecular complexity index is 633. The lowest BCUT2D eigenvalue weighted by Crippen LogP contribution is -1.98. The molecule has 2 aromatic rings. The molecule has 1 aliphatic rings. The lowest BCUT2D eigenvalue weighted by molar-refractivity contribution is 0.134. The third kappa shape index (κ3) is 2.82. The third-order valence-electron chi connectivity index (χ3n) is 4.09. The summed E-state index contributed by atoms with van der Waals surface area (Å²) in [6.07, 6.45) is 1.01. The molecule has 0 N–H and O–H groups in total. The van der Waals surface area contributed by atoms with Gasteiger partial charge in [0.05, 0.1) is 13.2 Å². The first-order valence-electron chi connectivity index (χ1n) is 7.03. The highest BCUT2D eigenvalue weighted by Crippen LogP contribution is 2.31. The lowest BCUT2D eigenvalue weighted by Gasteiger charge is -2.13. The highest BCUT2D eigenvalue weighted by molar-refractivity contribution is 9.09. The van der Waals surface area contributed by atoms with Gasteiger partial charge in [-0.05, 0) is 53.6 Å². The fourth-order valence-corrected chi connectivity index (χ4v) is 3.30. The largest absolute Gasteiger partial charge is 0.372 e. The summed E-state index contributed by atoms with van der Waals surface area (Å²) in [6.45, 7) is 5.85. The van der Waals surface area contributed by atoms with Crippen molar-refractivity contribution >= 4 is 15.9 Å². The second-order valence-electron chi connectivity index (χ2n) is 5.61. The van der Waals surface area contributed by atoms with Crippen LogP contribution < -0.4 is 0 Å². The van der Waals surface area contributed by atoms with Crippen molar-refractivity contribution in [3.8, 4) is 0 Å². The second-order valence-corrected chi connectivity index (χ2v) is 6.72. The van der Waals surface area contributed by atoms with E-state index >= 15 is 0 Å². The third-order valence-corrected chi connectivity index (χ3v) is 4.95. The summed E-state index contributed by atoms with van der Waals surface area (Å²) in [5.41, 5.74) is 8.12. The van der Waals surface area contributed by atoms with Crippen molar-refractivity contribution in [2.75, 3.05) is 0 Å². The van der Waals surface area contributed by atoms with E-state index in [1.165, 1.54) is 33.4 Å². The van der Waals surface area contributed by atoms with E-state index in [2.05, 4.69) is 66.2 Å². The zero-order valence-electron chi connectivity index (χ0n) is 11.9. The van der Waals surface area contributed by atoms with Crippen LogP contribution in [-0.4, -0.2) is 0 Å². The second kappa shape index (κ2) is 5.71. The standard InChI is InChI=1S/C18H19BrO/c1-12-3-4-14(7-13(12)2)8-18(19)15-5-6-16-10-20-11-17(16)9-15/h3-7,9,18H,8,10-11H2,1-2H3. The monoisotopic (exact) mass is 330 g/mol. The van der Waals surface area contributed by atoms with Gasteiger partial charge in [0.1, 0.15) is 0 Å². The first-order chi connectivity index (χ1) is 9.63. The van der Waals surface area contributed by atoms with Gasteiger partial charge in [0.25, 0.3) is 0 Å². The topological polar surface area (TPSA) is 9.23 Å². The summed E-state index contributed by atoms with van der Waals surface area (Å²) in [7, 11) is 0. The van der Waals surface area contributed by atoms with E-state index < -0.39 is 0 Å². The molecular weight excluding hydrogens is 312 g/mol. The van der Waals surface area contributed by atoms with Crippen LogP contribution in [0, 0.1) is 13.8 Å². The molecule has 0 spiro atoms. The zero-order chi connectivity index (χ0) is 14.1. The van der Waals surface area contributed by atoms with Crippen LogP contribution in [0.5, 0.6) is 0 Å². The van der Waals surface area contributed by atoms with E-state index in [-0.39, 0.29) is 0 Å². The van der Waals surface area contributed by atoms with Crippen LogP contribution in [0.15, 0.2) is 36.4 Å². The Morgan fingerprint density at radius 2 is 1.80 bits per heavy atom. The van der Waals surface area contributed by atoms with Gasteiger partial charge in [-0.15, -0.1) is 0 Å². The average molecular weight is 331 g/mol. The van der Waals surface area contributed by atoms with Gasteiger partial charge in [-0.1, -0.05) is 52.3 Å². The molecule has 1 unspecified atom stereocenters. The van der Waals surface area contributed by atoms with Crippen LogP contribution in [0.25, 0.3) is 0 Å². The van der Waals surface area contributed by atoms with Gasteiger partial charge in [0.15, 0.2) is 0 Å². The molecule has 0 aromatic heterocycles. The minimum atomic E-state index is 0.357. The summed E-state index contributed by atoms with van der Waals surface area (Å²) in [6, 6.07) is 13.4. The van der Waals surface area contributed by atoms with Gasteiger partial charge in [0.2, 0.25) is 0 Å². The van der Waals surface area contributed by atoms with Crippen LogP contribution in [0.3, 0.4) is 0 Å². The predicted molar refractivity (Wildman–Crippen MR) is 86.2 cm³/mol. The van der Waals surface area contributed by atoms with E-state index in [4.69, 9.17) is 4.74 Å². The fraction of sp³-hybridized carbons (Fsp3) is 0.333. The summed E-state index contributed by atoms with van der Waals surface area (Å²) < 4.78 is 5.48. The van der Waals surface area contributed by atoms with E-state index in [0.29, 0.717) is 4.83 Å². The molecule has 2 aromatic carbocycles. The predicted octanol–water partition coefficient (Wildman–Crippen LogP) is 5.01. The minimum absolute atomic E-state index is 0.357. The van der Waals surface area contributed by atoms with Gasteiger partial charge < -0.3 is 4.74 Å². The average Bonchev–Trinajstić information content (AvgIpc) is 2.90. The van der Waals surface area contributed by atoms with E-state index in [1.54, 1.807) is 0 Å². The minimum Gasteiger partial charge on any atom is -0.372 e. The molecule has 0 amide bonds. The maximum atomic E-state index is 5.48. The summed E-state index contributed by atoms with van der Waals surface area (Å²) in [5.74, 6) is 0. The van der Waals surface area contributed by atoms with E-state index in [1.807, 2.05) is 0 Å². The van der Waals surface area contributed by atoms with Crippen molar-refractivity contribution in [3.63, 3.8) is 0 Å². The number of hydrogen-bond donors (Lipinski definition) is 0. The maximum Gasteiger partial charge on any atom is 0.0725 e. The number of fused-ring (bicyclic) bond motifs is 1. The highest BCUT2D eigenvalue weighted by Gasteiger charge is 2.15. The van der Waals surface area contributed by atoms with Gasteiger partial charge >= 0.3 is 0 Å². The summed E-state index contributed by atoms with van der Waals surface area (Å²) >= 11 is 3.83. The van der Waals surface area contributed by atoms with Gasteiger partial charge in [0, 0.05) is 4.83 Å². The Balaban J connectivity index is 1.78. The van der Waals surface area contributed by atoms with Crippen molar-refractivity contribution in [3.05, 3.63) is 69.8 Å². The number of rotatable bonds is 3. The maximum absolute atomic E-state index is 5.48. The molecule has 0 aliphatic carbocycles. The van der Waals surface area contributed by atoms with Gasteiger partial charge in [-0.25, -0.2) is 0 Å². The number of alkyl halides is 1. The SMILES string of the molecule is Cc1ccc(CC(Br)c2ccc3c(c2)COC3)cc1C. The zero-order valence-corrected chi connectivity index (χ0v) is 13.5.